The summed E-state index contributed by atoms with van der Waals surface area (Å²) in [5, 5.41) is 0. The van der Waals surface area contributed by atoms with Gasteiger partial charge in [0.15, 0.2) is 11.9 Å². The first kappa shape index (κ1) is 11.9. The van der Waals surface area contributed by atoms with Crippen molar-refractivity contribution in [3.05, 3.63) is 65.7 Å². The molecule has 19 heavy (non-hydrogen) atoms. The van der Waals surface area contributed by atoms with Crippen LogP contribution < -0.4 is 4.74 Å². The summed E-state index contributed by atoms with van der Waals surface area (Å²) in [6, 6.07) is 16.9. The molecule has 0 saturated carbocycles. The summed E-state index contributed by atoms with van der Waals surface area (Å²) in [5.74, 6) is 0.812. The van der Waals surface area contributed by atoms with E-state index in [2.05, 4.69) is 0 Å². The Morgan fingerprint density at radius 2 is 1.89 bits per heavy atom. The van der Waals surface area contributed by atoms with Gasteiger partial charge in [0.1, 0.15) is 11.9 Å². The van der Waals surface area contributed by atoms with Crippen LogP contribution in [0.2, 0.25) is 0 Å². The molecule has 2 aromatic rings. The average molecular weight is 254 g/mol. The van der Waals surface area contributed by atoms with E-state index in [-0.39, 0.29) is 18.0 Å². The molecule has 1 saturated heterocycles. The standard InChI is InChI=1S/C16H14O3/c1-18-13-9-5-8-12(10-13)15-16(19-15)14(17)11-6-3-2-4-7-11/h2-10,15-16H,1H3. The highest BCUT2D eigenvalue weighted by molar-refractivity contribution is 6.01. The maximum Gasteiger partial charge on any atom is 0.194 e. The minimum Gasteiger partial charge on any atom is -0.497 e. The Kier molecular flexibility index (Phi) is 3.05. The van der Waals surface area contributed by atoms with Gasteiger partial charge in [0, 0.05) is 5.56 Å². The molecule has 0 aliphatic carbocycles. The van der Waals surface area contributed by atoms with E-state index in [1.807, 2.05) is 54.6 Å². The maximum absolute atomic E-state index is 12.2. The van der Waals surface area contributed by atoms with Crippen LogP contribution in [0.1, 0.15) is 22.0 Å². The molecule has 1 aliphatic heterocycles. The topological polar surface area (TPSA) is 38.8 Å². The van der Waals surface area contributed by atoms with Crippen LogP contribution in [0, 0.1) is 0 Å². The fourth-order valence-electron chi connectivity index (χ4n) is 2.15. The van der Waals surface area contributed by atoms with Crippen LogP contribution in [0.15, 0.2) is 54.6 Å². The van der Waals surface area contributed by atoms with Crippen molar-refractivity contribution in [1.82, 2.24) is 0 Å². The van der Waals surface area contributed by atoms with Crippen molar-refractivity contribution in [1.29, 1.82) is 0 Å². The van der Waals surface area contributed by atoms with Crippen LogP contribution in [0.5, 0.6) is 5.75 Å². The van der Waals surface area contributed by atoms with Gasteiger partial charge in [-0.2, -0.15) is 0 Å². The molecule has 0 spiro atoms. The molecule has 0 aromatic heterocycles. The molecule has 0 amide bonds. The van der Waals surface area contributed by atoms with Gasteiger partial charge in [0.25, 0.3) is 0 Å². The highest BCUT2D eigenvalue weighted by atomic mass is 16.6. The summed E-state index contributed by atoms with van der Waals surface area (Å²) in [4.78, 5) is 12.2. The number of hydrogen-bond acceptors (Lipinski definition) is 3. The Bertz CT molecular complexity index is 592. The highest BCUT2D eigenvalue weighted by Gasteiger charge is 2.46. The Morgan fingerprint density at radius 1 is 1.11 bits per heavy atom. The molecule has 1 fully saturated rings. The van der Waals surface area contributed by atoms with Crippen LogP contribution in [-0.4, -0.2) is 19.0 Å². The van der Waals surface area contributed by atoms with E-state index in [9.17, 15) is 4.79 Å². The SMILES string of the molecule is COc1cccc(C2OC2C(=O)c2ccccc2)c1. The van der Waals surface area contributed by atoms with Gasteiger partial charge in [-0.3, -0.25) is 4.79 Å². The van der Waals surface area contributed by atoms with Crippen molar-refractivity contribution in [3.8, 4) is 5.75 Å². The minimum atomic E-state index is -0.366. The van der Waals surface area contributed by atoms with Gasteiger partial charge < -0.3 is 9.47 Å². The molecule has 2 aromatic carbocycles. The third-order valence-corrected chi connectivity index (χ3v) is 3.23. The van der Waals surface area contributed by atoms with Crippen molar-refractivity contribution in [2.24, 2.45) is 0 Å². The molecule has 1 heterocycles. The first-order valence-electron chi connectivity index (χ1n) is 6.18. The average Bonchev–Trinajstić information content (AvgIpc) is 3.28. The predicted octanol–water partition coefficient (Wildman–Crippen LogP) is 3.02. The Labute approximate surface area is 111 Å². The fourth-order valence-corrected chi connectivity index (χ4v) is 2.15. The van der Waals surface area contributed by atoms with Crippen LogP contribution in [0.3, 0.4) is 0 Å². The first-order valence-corrected chi connectivity index (χ1v) is 6.18. The molecule has 3 rings (SSSR count). The van der Waals surface area contributed by atoms with E-state index < -0.39 is 0 Å². The normalized spacial score (nSPS) is 20.9. The Hall–Kier alpha value is -2.13. The fraction of sp³-hybridized carbons (Fsp3) is 0.188. The number of ether oxygens (including phenoxy) is 2. The van der Waals surface area contributed by atoms with Gasteiger partial charge in [0.05, 0.1) is 7.11 Å². The third kappa shape index (κ3) is 2.37. The van der Waals surface area contributed by atoms with Crippen molar-refractivity contribution in [2.45, 2.75) is 12.2 Å². The minimum absolute atomic E-state index is 0.0356. The molecule has 0 N–H and O–H groups in total. The second-order valence-electron chi connectivity index (χ2n) is 4.48. The van der Waals surface area contributed by atoms with Gasteiger partial charge in [-0.25, -0.2) is 0 Å². The van der Waals surface area contributed by atoms with E-state index in [0.29, 0.717) is 5.56 Å². The lowest BCUT2D eigenvalue weighted by Crippen LogP contribution is -2.07. The molecular weight excluding hydrogens is 240 g/mol. The van der Waals surface area contributed by atoms with E-state index in [4.69, 9.17) is 9.47 Å². The van der Waals surface area contributed by atoms with Crippen molar-refractivity contribution in [3.63, 3.8) is 0 Å². The monoisotopic (exact) mass is 254 g/mol. The lowest BCUT2D eigenvalue weighted by molar-refractivity contribution is 0.0953. The molecule has 3 nitrogen and oxygen atoms in total. The highest BCUT2D eigenvalue weighted by Crippen LogP contribution is 2.41. The van der Waals surface area contributed by atoms with E-state index in [1.165, 1.54) is 0 Å². The molecule has 3 heteroatoms. The number of epoxide rings is 1. The number of benzene rings is 2. The molecule has 2 unspecified atom stereocenters. The maximum atomic E-state index is 12.2. The second-order valence-corrected chi connectivity index (χ2v) is 4.48. The number of rotatable bonds is 4. The third-order valence-electron chi connectivity index (χ3n) is 3.23. The lowest BCUT2D eigenvalue weighted by atomic mass is 10.0. The Morgan fingerprint density at radius 3 is 2.63 bits per heavy atom. The van der Waals surface area contributed by atoms with Crippen molar-refractivity contribution in [2.75, 3.05) is 7.11 Å². The number of carbonyl (C=O) groups is 1. The number of methoxy groups -OCH3 is 1. The zero-order valence-corrected chi connectivity index (χ0v) is 10.6. The molecule has 0 radical (unpaired) electrons. The zero-order valence-electron chi connectivity index (χ0n) is 10.6. The quantitative estimate of drug-likeness (QED) is 0.622. The molecule has 0 bridgehead atoms. The summed E-state index contributed by atoms with van der Waals surface area (Å²) < 4.78 is 10.7. The van der Waals surface area contributed by atoms with Crippen molar-refractivity contribution >= 4 is 5.78 Å². The predicted molar refractivity (Wildman–Crippen MR) is 71.4 cm³/mol. The largest absolute Gasteiger partial charge is 0.497 e. The van der Waals surface area contributed by atoms with Crippen molar-refractivity contribution < 1.29 is 14.3 Å². The van der Waals surface area contributed by atoms with E-state index in [0.717, 1.165) is 11.3 Å². The van der Waals surface area contributed by atoms with Crippen LogP contribution in [0.4, 0.5) is 0 Å². The second kappa shape index (κ2) is 4.86. The van der Waals surface area contributed by atoms with Gasteiger partial charge in [-0.15, -0.1) is 0 Å². The van der Waals surface area contributed by atoms with Gasteiger partial charge in [-0.05, 0) is 17.7 Å². The molecular formula is C16H14O3. The Balaban J connectivity index is 1.76. The van der Waals surface area contributed by atoms with E-state index >= 15 is 0 Å². The number of Topliss-reactive ketones (excluding diaryl/α,β-unsaturated/α-hetero) is 1. The summed E-state index contributed by atoms with van der Waals surface area (Å²) in [6.07, 6.45) is -0.516. The number of carbonyl (C=O) groups excluding carboxylic acids is 1. The smallest absolute Gasteiger partial charge is 0.194 e. The van der Waals surface area contributed by atoms with Gasteiger partial charge in [0.2, 0.25) is 0 Å². The molecule has 96 valence electrons. The number of ketones is 1. The molecule has 1 aliphatic rings. The van der Waals surface area contributed by atoms with Crippen LogP contribution >= 0.6 is 0 Å². The summed E-state index contributed by atoms with van der Waals surface area (Å²) in [5.41, 5.74) is 1.67. The van der Waals surface area contributed by atoms with Gasteiger partial charge >= 0.3 is 0 Å². The summed E-state index contributed by atoms with van der Waals surface area (Å²) in [6.45, 7) is 0. The number of hydrogen-bond donors (Lipinski definition) is 0. The van der Waals surface area contributed by atoms with Crippen LogP contribution in [-0.2, 0) is 4.74 Å². The van der Waals surface area contributed by atoms with E-state index in [1.54, 1.807) is 7.11 Å². The first-order chi connectivity index (χ1) is 9.29. The van der Waals surface area contributed by atoms with Crippen LogP contribution in [0.25, 0.3) is 0 Å². The zero-order chi connectivity index (χ0) is 13.2. The lowest BCUT2D eigenvalue weighted by Gasteiger charge is -2.01. The van der Waals surface area contributed by atoms with Gasteiger partial charge in [-0.1, -0.05) is 42.5 Å². The molecule has 2 atom stereocenters. The summed E-state index contributed by atoms with van der Waals surface area (Å²) in [7, 11) is 1.62. The summed E-state index contributed by atoms with van der Waals surface area (Å²) >= 11 is 0.